The molecule has 0 saturated carbocycles. The minimum Gasteiger partial charge on any atom is -0.348 e. The highest BCUT2D eigenvalue weighted by Crippen LogP contribution is 2.30. The minimum absolute atomic E-state index is 0.0873. The molecule has 31 heavy (non-hydrogen) atoms. The number of halogens is 3. The summed E-state index contributed by atoms with van der Waals surface area (Å²) in [5.41, 5.74) is 0.287. The summed E-state index contributed by atoms with van der Waals surface area (Å²) in [4.78, 5) is 35.6. The van der Waals surface area contributed by atoms with Crippen LogP contribution >= 0.6 is 0 Å². The van der Waals surface area contributed by atoms with E-state index in [-0.39, 0.29) is 30.8 Å². The second-order valence-electron chi connectivity index (χ2n) is 7.68. The molecule has 11 heteroatoms. The number of aromatic nitrogens is 2. The number of likely N-dealkylation sites (tertiary alicyclic amines) is 1. The summed E-state index contributed by atoms with van der Waals surface area (Å²) in [6.45, 7) is 9.90. The molecule has 0 bridgehead atoms. The summed E-state index contributed by atoms with van der Waals surface area (Å²) >= 11 is 0. The minimum atomic E-state index is -4.46. The number of alkyl halides is 3. The second-order valence-corrected chi connectivity index (χ2v) is 7.68. The Labute approximate surface area is 179 Å². The molecule has 172 valence electrons. The van der Waals surface area contributed by atoms with Crippen molar-refractivity contribution >= 4 is 29.3 Å². The molecule has 2 aliphatic heterocycles. The Hall–Kier alpha value is -2.85. The van der Waals surface area contributed by atoms with Crippen LogP contribution in [0.5, 0.6) is 0 Å². The van der Waals surface area contributed by atoms with Gasteiger partial charge in [0.1, 0.15) is 5.69 Å². The molecular formula is C20H29F3N6O2. The molecule has 3 heterocycles. The Kier molecular flexibility index (Phi) is 7.85. The summed E-state index contributed by atoms with van der Waals surface area (Å²) in [6.07, 6.45) is -3.83. The van der Waals surface area contributed by atoms with E-state index in [1.54, 1.807) is 18.9 Å². The number of amides is 2. The lowest BCUT2D eigenvalue weighted by Gasteiger charge is -2.40. The van der Waals surface area contributed by atoms with Crippen molar-refractivity contribution in [1.82, 2.24) is 14.9 Å². The number of hydrogen-bond donors (Lipinski definition) is 2. The van der Waals surface area contributed by atoms with E-state index in [0.717, 1.165) is 0 Å². The molecule has 0 unspecified atom stereocenters. The number of likely N-dealkylation sites (N-methyl/N-ethyl adjacent to an activating group) is 1. The molecule has 0 aliphatic carbocycles. The van der Waals surface area contributed by atoms with Crippen LogP contribution in [0, 0.1) is 6.92 Å². The lowest BCUT2D eigenvalue weighted by molar-refractivity contribution is -0.135. The number of fused-ring (bicyclic) bond motifs is 1. The number of nitrogens with zero attached hydrogens (tertiary/aromatic N) is 4. The molecule has 3 rings (SSSR count). The van der Waals surface area contributed by atoms with Crippen LogP contribution in [0.1, 0.15) is 38.8 Å². The highest BCUT2D eigenvalue weighted by atomic mass is 19.4. The predicted octanol–water partition coefficient (Wildman–Crippen LogP) is 3.11. The summed E-state index contributed by atoms with van der Waals surface area (Å²) in [6, 6.07) is -0.0873. The molecule has 0 radical (unpaired) electrons. The lowest BCUT2D eigenvalue weighted by Crippen LogP contribution is -2.57. The zero-order valence-electron chi connectivity index (χ0n) is 18.3. The van der Waals surface area contributed by atoms with Gasteiger partial charge in [-0.15, -0.1) is 0 Å². The van der Waals surface area contributed by atoms with Gasteiger partial charge in [-0.2, -0.15) is 18.2 Å². The van der Waals surface area contributed by atoms with Crippen LogP contribution in [0.15, 0.2) is 12.2 Å². The van der Waals surface area contributed by atoms with Gasteiger partial charge in [-0.1, -0.05) is 26.8 Å². The molecule has 2 amide bonds. The van der Waals surface area contributed by atoms with Crippen molar-refractivity contribution in [3.05, 3.63) is 17.8 Å². The Morgan fingerprint density at radius 2 is 1.87 bits per heavy atom. The van der Waals surface area contributed by atoms with Crippen molar-refractivity contribution in [3.8, 4) is 0 Å². The molecule has 1 aromatic heterocycles. The Morgan fingerprint density at radius 1 is 1.26 bits per heavy atom. The first-order valence-electron chi connectivity index (χ1n) is 10.1. The average Bonchev–Trinajstić information content (AvgIpc) is 2.63. The molecule has 1 saturated heterocycles. The number of rotatable bonds is 5. The monoisotopic (exact) mass is 442 g/mol. The maximum Gasteiger partial charge on any atom is 0.412 e. The van der Waals surface area contributed by atoms with Crippen molar-refractivity contribution in [3.63, 3.8) is 0 Å². The van der Waals surface area contributed by atoms with Gasteiger partial charge in [0.25, 0.3) is 0 Å². The van der Waals surface area contributed by atoms with Crippen molar-refractivity contribution < 1.29 is 22.8 Å². The summed E-state index contributed by atoms with van der Waals surface area (Å²) in [7, 11) is 1.76. The van der Waals surface area contributed by atoms with Crippen LogP contribution in [-0.4, -0.2) is 65.6 Å². The fraction of sp³-hybridized carbons (Fsp3) is 0.600. The second kappa shape index (κ2) is 9.97. The number of aryl methyl sites for hydroxylation is 1. The van der Waals surface area contributed by atoms with Gasteiger partial charge in [0.05, 0.1) is 18.3 Å². The molecule has 1 fully saturated rings. The van der Waals surface area contributed by atoms with Crippen molar-refractivity contribution in [2.75, 3.05) is 42.2 Å². The number of allylic oxidation sites excluding steroid dienone is 1. The molecule has 8 nitrogen and oxygen atoms in total. The Balaban J connectivity index is 0.00000107. The third kappa shape index (κ3) is 6.31. The Morgan fingerprint density at radius 3 is 2.45 bits per heavy atom. The van der Waals surface area contributed by atoms with Gasteiger partial charge < -0.3 is 20.4 Å². The largest absolute Gasteiger partial charge is 0.412 e. The molecule has 2 N–H and O–H groups in total. The first-order chi connectivity index (χ1) is 14.5. The van der Waals surface area contributed by atoms with Crippen LogP contribution in [0.25, 0.3) is 0 Å². The van der Waals surface area contributed by atoms with Crippen LogP contribution in [-0.2, 0) is 9.59 Å². The zero-order valence-corrected chi connectivity index (χ0v) is 18.3. The van der Waals surface area contributed by atoms with Gasteiger partial charge in [-0.05, 0) is 13.3 Å². The standard InChI is InChI=1S/C17H21F3N6O2.C3H8/c1-9(17(18,19)20)4-5-13(28)26-6-11(7-26)22-16-21-10(2)14-15(24-16)25(3)8-12(27)23-14;1-3-2/h11H,1,4-8H2,2-3H3,(H,23,27)(H,21,22,24);3H2,1-2H3. The number of carbonyl (C=O) groups excluding carboxylic acids is 2. The van der Waals surface area contributed by atoms with E-state index in [9.17, 15) is 22.8 Å². The zero-order chi connectivity index (χ0) is 23.3. The quantitative estimate of drug-likeness (QED) is 0.681. The van der Waals surface area contributed by atoms with Gasteiger partial charge in [-0.3, -0.25) is 9.59 Å². The lowest BCUT2D eigenvalue weighted by atomic mass is 10.1. The van der Waals surface area contributed by atoms with E-state index in [1.807, 2.05) is 0 Å². The van der Waals surface area contributed by atoms with Crippen molar-refractivity contribution in [1.29, 1.82) is 0 Å². The van der Waals surface area contributed by atoms with Crippen LogP contribution in [0.2, 0.25) is 0 Å². The number of hydrogen-bond acceptors (Lipinski definition) is 6. The van der Waals surface area contributed by atoms with E-state index < -0.39 is 18.2 Å². The summed E-state index contributed by atoms with van der Waals surface area (Å²) in [5, 5.41) is 5.87. The van der Waals surface area contributed by atoms with Gasteiger partial charge in [0.2, 0.25) is 17.8 Å². The van der Waals surface area contributed by atoms with Gasteiger partial charge in [-0.25, -0.2) is 4.98 Å². The van der Waals surface area contributed by atoms with E-state index >= 15 is 0 Å². The number of nitrogens with one attached hydrogen (secondary N) is 2. The maximum atomic E-state index is 12.4. The summed E-state index contributed by atoms with van der Waals surface area (Å²) < 4.78 is 37.3. The van der Waals surface area contributed by atoms with Gasteiger partial charge >= 0.3 is 6.18 Å². The van der Waals surface area contributed by atoms with Crippen molar-refractivity contribution in [2.45, 2.75) is 52.3 Å². The molecule has 0 aromatic carbocycles. The third-order valence-corrected chi connectivity index (χ3v) is 4.69. The number of carbonyl (C=O) groups is 2. The van der Waals surface area contributed by atoms with E-state index in [4.69, 9.17) is 0 Å². The summed E-state index contributed by atoms with van der Waals surface area (Å²) in [5.74, 6) is 0.506. The Bertz CT molecular complexity index is 837. The first kappa shape index (κ1) is 24.4. The van der Waals surface area contributed by atoms with Crippen molar-refractivity contribution in [2.24, 2.45) is 0 Å². The predicted molar refractivity (Wildman–Crippen MR) is 113 cm³/mol. The SMILES string of the molecule is C=C(CCC(=O)N1CC(Nc2nc(C)c3c(n2)N(C)CC(=O)N3)C1)C(F)(F)F.CCC. The van der Waals surface area contributed by atoms with Crippen LogP contribution in [0.3, 0.4) is 0 Å². The third-order valence-electron chi connectivity index (χ3n) is 4.69. The molecular weight excluding hydrogens is 413 g/mol. The van der Waals surface area contributed by atoms with Crippen LogP contribution in [0.4, 0.5) is 30.6 Å². The normalized spacial score (nSPS) is 15.9. The average molecular weight is 442 g/mol. The van der Waals surface area contributed by atoms with Gasteiger partial charge in [0, 0.05) is 32.1 Å². The van der Waals surface area contributed by atoms with E-state index in [0.29, 0.717) is 36.2 Å². The van der Waals surface area contributed by atoms with E-state index in [2.05, 4.69) is 41.0 Å². The highest BCUT2D eigenvalue weighted by Gasteiger charge is 2.35. The smallest absolute Gasteiger partial charge is 0.348 e. The van der Waals surface area contributed by atoms with Crippen LogP contribution < -0.4 is 15.5 Å². The molecule has 1 aromatic rings. The maximum absolute atomic E-state index is 12.4. The van der Waals surface area contributed by atoms with Gasteiger partial charge in [0.15, 0.2) is 5.82 Å². The topological polar surface area (TPSA) is 90.5 Å². The van der Waals surface area contributed by atoms with E-state index in [1.165, 1.54) is 11.3 Å². The number of anilines is 3. The molecule has 2 aliphatic rings. The highest BCUT2D eigenvalue weighted by molar-refractivity contribution is 6.00. The fourth-order valence-corrected chi connectivity index (χ4v) is 3.03. The fourth-order valence-electron chi connectivity index (χ4n) is 3.03. The molecule has 0 atom stereocenters. The first-order valence-corrected chi connectivity index (χ1v) is 10.1. The molecule has 0 spiro atoms.